The molecule has 1 aliphatic heterocycles. The molecular weight excluding hydrogens is 346 g/mol. The van der Waals surface area contributed by atoms with Gasteiger partial charge in [0.15, 0.2) is 0 Å². The third kappa shape index (κ3) is 4.08. The van der Waals surface area contributed by atoms with Crippen molar-refractivity contribution in [2.24, 2.45) is 11.8 Å². The summed E-state index contributed by atoms with van der Waals surface area (Å²) in [6, 6.07) is 12.2. The minimum Gasteiger partial charge on any atom is -0.394 e. The van der Waals surface area contributed by atoms with Crippen LogP contribution in [0, 0.1) is 23.7 Å². The molecule has 3 heteroatoms. The molecule has 3 rings (SSSR count). The molecule has 0 unspecified atom stereocenters. The standard InChI is InChI=1S/C25H31NO2/c1-4-5-6-7-8-11-18-14-15-21(20-13-10-9-12-19(18)20)24-22(16-27)26-25(28)23(24)17(2)3/h9-10,12-15,17,22-24,27H,4-7,16H2,1-3H3,(H,26,28)/t22-,23-,24+/m1/s1. The molecule has 1 fully saturated rings. The summed E-state index contributed by atoms with van der Waals surface area (Å²) in [6.07, 6.45) is 4.49. The van der Waals surface area contributed by atoms with Crippen molar-refractivity contribution < 1.29 is 9.90 Å². The molecule has 1 heterocycles. The topological polar surface area (TPSA) is 49.3 Å². The zero-order valence-corrected chi connectivity index (χ0v) is 17.2. The number of rotatable bonds is 6. The summed E-state index contributed by atoms with van der Waals surface area (Å²) in [4.78, 5) is 12.6. The van der Waals surface area contributed by atoms with Crippen molar-refractivity contribution in [1.29, 1.82) is 0 Å². The van der Waals surface area contributed by atoms with E-state index in [1.807, 2.05) is 12.1 Å². The van der Waals surface area contributed by atoms with E-state index in [-0.39, 0.29) is 36.3 Å². The fourth-order valence-electron chi connectivity index (χ4n) is 4.41. The minimum atomic E-state index is -0.241. The first-order valence-corrected chi connectivity index (χ1v) is 10.5. The van der Waals surface area contributed by atoms with E-state index in [0.29, 0.717) is 0 Å². The molecule has 148 valence electrons. The maximum atomic E-state index is 12.6. The number of fused-ring (bicyclic) bond motifs is 1. The minimum absolute atomic E-state index is 0.0334. The Morgan fingerprint density at radius 2 is 1.86 bits per heavy atom. The number of carbonyl (C=O) groups is 1. The highest BCUT2D eigenvalue weighted by atomic mass is 16.3. The highest BCUT2D eigenvalue weighted by Crippen LogP contribution is 2.41. The molecular formula is C25H31NO2. The second-order valence-electron chi connectivity index (χ2n) is 8.10. The van der Waals surface area contributed by atoms with Gasteiger partial charge in [0.1, 0.15) is 0 Å². The molecule has 1 amide bonds. The number of nitrogens with one attached hydrogen (secondary N) is 1. The van der Waals surface area contributed by atoms with Crippen LogP contribution < -0.4 is 5.32 Å². The largest absolute Gasteiger partial charge is 0.394 e. The lowest BCUT2D eigenvalue weighted by Gasteiger charge is -2.26. The fraction of sp³-hybridized carbons (Fsp3) is 0.480. The van der Waals surface area contributed by atoms with E-state index in [1.165, 1.54) is 12.8 Å². The molecule has 1 aliphatic rings. The summed E-state index contributed by atoms with van der Waals surface area (Å²) in [5.74, 6) is 6.75. The van der Waals surface area contributed by atoms with E-state index in [1.54, 1.807) is 0 Å². The zero-order chi connectivity index (χ0) is 20.1. The summed E-state index contributed by atoms with van der Waals surface area (Å²) in [5.41, 5.74) is 2.16. The first-order chi connectivity index (χ1) is 13.6. The Bertz CT molecular complexity index is 890. The molecule has 0 spiro atoms. The number of hydrogen-bond donors (Lipinski definition) is 2. The Morgan fingerprint density at radius 1 is 1.11 bits per heavy atom. The van der Waals surface area contributed by atoms with Crippen LogP contribution >= 0.6 is 0 Å². The Balaban J connectivity index is 2.03. The van der Waals surface area contributed by atoms with E-state index in [4.69, 9.17) is 0 Å². The van der Waals surface area contributed by atoms with Gasteiger partial charge in [0.25, 0.3) is 0 Å². The molecule has 3 nitrogen and oxygen atoms in total. The van der Waals surface area contributed by atoms with Crippen LogP contribution in [0.2, 0.25) is 0 Å². The summed E-state index contributed by atoms with van der Waals surface area (Å²) in [5, 5.41) is 15.2. The van der Waals surface area contributed by atoms with E-state index >= 15 is 0 Å². The third-order valence-electron chi connectivity index (χ3n) is 5.81. The van der Waals surface area contributed by atoms with Crippen LogP contribution in [0.25, 0.3) is 10.8 Å². The highest BCUT2D eigenvalue weighted by molar-refractivity contribution is 5.93. The van der Waals surface area contributed by atoms with Crippen molar-refractivity contribution in [2.75, 3.05) is 6.61 Å². The first kappa shape index (κ1) is 20.4. The van der Waals surface area contributed by atoms with Crippen LogP contribution in [0.1, 0.15) is 63.5 Å². The smallest absolute Gasteiger partial charge is 0.224 e. The number of unbranched alkanes of at least 4 members (excludes halogenated alkanes) is 3. The molecule has 0 saturated carbocycles. The van der Waals surface area contributed by atoms with E-state index in [9.17, 15) is 9.90 Å². The van der Waals surface area contributed by atoms with Crippen LogP contribution in [0.5, 0.6) is 0 Å². The Hall–Kier alpha value is -2.31. The lowest BCUT2D eigenvalue weighted by Crippen LogP contribution is -2.31. The molecule has 3 atom stereocenters. The molecule has 0 aromatic heterocycles. The predicted molar refractivity (Wildman–Crippen MR) is 115 cm³/mol. The van der Waals surface area contributed by atoms with Crippen LogP contribution in [0.4, 0.5) is 0 Å². The van der Waals surface area contributed by atoms with Crippen molar-refractivity contribution in [2.45, 2.75) is 58.4 Å². The lowest BCUT2D eigenvalue weighted by atomic mass is 9.76. The summed E-state index contributed by atoms with van der Waals surface area (Å²) in [6.45, 7) is 6.31. The van der Waals surface area contributed by atoms with Crippen molar-refractivity contribution in [3.8, 4) is 11.8 Å². The van der Waals surface area contributed by atoms with Crippen molar-refractivity contribution in [1.82, 2.24) is 5.32 Å². The molecule has 1 saturated heterocycles. The summed E-state index contributed by atoms with van der Waals surface area (Å²) in [7, 11) is 0. The molecule has 0 bridgehead atoms. The van der Waals surface area contributed by atoms with Gasteiger partial charge in [-0.25, -0.2) is 0 Å². The third-order valence-corrected chi connectivity index (χ3v) is 5.81. The molecule has 0 aliphatic carbocycles. The van der Waals surface area contributed by atoms with Crippen molar-refractivity contribution in [3.63, 3.8) is 0 Å². The van der Waals surface area contributed by atoms with Gasteiger partial charge in [-0.3, -0.25) is 4.79 Å². The number of aliphatic hydroxyl groups is 1. The van der Waals surface area contributed by atoms with Crippen molar-refractivity contribution >= 4 is 16.7 Å². The quantitative estimate of drug-likeness (QED) is 0.570. The van der Waals surface area contributed by atoms with Crippen molar-refractivity contribution in [3.05, 3.63) is 47.5 Å². The van der Waals surface area contributed by atoms with Gasteiger partial charge in [-0.05, 0) is 34.7 Å². The second-order valence-corrected chi connectivity index (χ2v) is 8.10. The maximum Gasteiger partial charge on any atom is 0.224 e. The van der Waals surface area contributed by atoms with Gasteiger partial charge in [0, 0.05) is 23.8 Å². The van der Waals surface area contributed by atoms with Gasteiger partial charge in [-0.1, -0.05) is 75.8 Å². The Kier molecular flexibility index (Phi) is 6.75. The van der Waals surface area contributed by atoms with Gasteiger partial charge < -0.3 is 10.4 Å². The number of aliphatic hydroxyl groups excluding tert-OH is 1. The number of benzene rings is 2. The van der Waals surface area contributed by atoms with Crippen LogP contribution in [-0.2, 0) is 4.79 Å². The first-order valence-electron chi connectivity index (χ1n) is 10.5. The second kappa shape index (κ2) is 9.26. The zero-order valence-electron chi connectivity index (χ0n) is 17.2. The van der Waals surface area contributed by atoms with Crippen LogP contribution in [-0.4, -0.2) is 23.7 Å². The lowest BCUT2D eigenvalue weighted by molar-refractivity contribution is -0.123. The molecule has 0 radical (unpaired) electrons. The monoisotopic (exact) mass is 377 g/mol. The van der Waals surface area contributed by atoms with Gasteiger partial charge in [0.05, 0.1) is 12.6 Å². The number of hydrogen-bond acceptors (Lipinski definition) is 2. The average molecular weight is 378 g/mol. The molecule has 28 heavy (non-hydrogen) atoms. The normalized spacial score (nSPS) is 21.6. The SMILES string of the molecule is CCCCCC#Cc1ccc([C@@H]2[C@@H](C(C)C)C(=O)N[C@@H]2CO)c2ccccc12. The van der Waals surface area contributed by atoms with Gasteiger partial charge in [-0.15, -0.1) is 0 Å². The van der Waals surface area contributed by atoms with E-state index < -0.39 is 0 Å². The van der Waals surface area contributed by atoms with E-state index in [2.05, 4.69) is 62.2 Å². The van der Waals surface area contributed by atoms with Crippen LogP contribution in [0.15, 0.2) is 36.4 Å². The number of carbonyl (C=O) groups excluding carboxylic acids is 1. The Labute approximate surface area is 168 Å². The predicted octanol–water partition coefficient (Wildman–Crippen LogP) is 4.62. The summed E-state index contributed by atoms with van der Waals surface area (Å²) < 4.78 is 0. The number of amides is 1. The molecule has 2 aromatic rings. The van der Waals surface area contributed by atoms with Gasteiger partial charge in [0.2, 0.25) is 5.91 Å². The Morgan fingerprint density at radius 3 is 2.54 bits per heavy atom. The highest BCUT2D eigenvalue weighted by Gasteiger charge is 2.44. The fourth-order valence-corrected chi connectivity index (χ4v) is 4.41. The molecule has 2 N–H and O–H groups in total. The maximum absolute atomic E-state index is 12.6. The molecule has 2 aromatic carbocycles. The summed E-state index contributed by atoms with van der Waals surface area (Å²) >= 11 is 0. The van der Waals surface area contributed by atoms with Crippen LogP contribution in [0.3, 0.4) is 0 Å². The average Bonchev–Trinajstić information content (AvgIpc) is 3.04. The van der Waals surface area contributed by atoms with Gasteiger partial charge >= 0.3 is 0 Å². The van der Waals surface area contributed by atoms with E-state index in [0.717, 1.165) is 34.7 Å². The van der Waals surface area contributed by atoms with Gasteiger partial charge in [-0.2, -0.15) is 0 Å².